The quantitative estimate of drug-likeness (QED) is 0.186. The summed E-state index contributed by atoms with van der Waals surface area (Å²) in [5.41, 5.74) is 21.6. The van der Waals surface area contributed by atoms with Crippen molar-refractivity contribution in [1.29, 1.82) is 0 Å². The van der Waals surface area contributed by atoms with E-state index in [4.69, 9.17) is 22.9 Å². The maximum Gasteiger partial charge on any atom is 0.207 e. The van der Waals surface area contributed by atoms with Gasteiger partial charge in [0.05, 0.1) is 13.1 Å². The van der Waals surface area contributed by atoms with Crippen molar-refractivity contribution in [2.75, 3.05) is 39.3 Å². The smallest absolute Gasteiger partial charge is 0.207 e. The second-order valence-electron chi connectivity index (χ2n) is 10.8. The zero-order valence-electron chi connectivity index (χ0n) is 20.5. The fourth-order valence-electron chi connectivity index (χ4n) is 6.92. The summed E-state index contributed by atoms with van der Waals surface area (Å²) in [5, 5.41) is 3.11. The molecule has 0 aromatic rings. The molecular formula is C23H45N9O. The summed E-state index contributed by atoms with van der Waals surface area (Å²) in [6.07, 6.45) is 9.04. The van der Waals surface area contributed by atoms with Crippen LogP contribution in [0.15, 0.2) is 9.98 Å². The maximum absolute atomic E-state index is 10.6. The second-order valence-corrected chi connectivity index (χ2v) is 10.8. The molecular weight excluding hydrogens is 418 g/mol. The third-order valence-electron chi connectivity index (χ3n) is 8.01. The second kappa shape index (κ2) is 11.4. The van der Waals surface area contributed by atoms with Crippen LogP contribution in [0.1, 0.15) is 52.4 Å². The van der Waals surface area contributed by atoms with Gasteiger partial charge in [0.25, 0.3) is 0 Å². The minimum Gasteiger partial charge on any atom is -0.370 e. The average Bonchev–Trinajstić information content (AvgIpc) is 2.70. The lowest BCUT2D eigenvalue weighted by Crippen LogP contribution is -2.57. The zero-order chi connectivity index (χ0) is 24.0. The molecule has 4 aliphatic carbocycles. The van der Waals surface area contributed by atoms with Gasteiger partial charge in [-0.2, -0.15) is 0 Å². The molecule has 10 nitrogen and oxygen atoms in total. The van der Waals surface area contributed by atoms with Gasteiger partial charge in [0.15, 0.2) is 11.9 Å². The lowest BCUT2D eigenvalue weighted by molar-refractivity contribution is -0.114. The molecule has 0 radical (unpaired) electrons. The van der Waals surface area contributed by atoms with Crippen LogP contribution in [-0.2, 0) is 4.79 Å². The predicted molar refractivity (Wildman–Crippen MR) is 134 cm³/mol. The maximum atomic E-state index is 10.6. The molecule has 9 N–H and O–H groups in total. The van der Waals surface area contributed by atoms with E-state index in [-0.39, 0.29) is 17.5 Å². The summed E-state index contributed by atoms with van der Waals surface area (Å²) < 4.78 is 0. The molecule has 0 spiro atoms. The Morgan fingerprint density at radius 2 is 1.24 bits per heavy atom. The highest BCUT2D eigenvalue weighted by Gasteiger charge is 2.50. The third kappa shape index (κ3) is 7.20. The Kier molecular flexibility index (Phi) is 8.81. The largest absolute Gasteiger partial charge is 0.370 e. The van der Waals surface area contributed by atoms with Crippen molar-refractivity contribution < 1.29 is 4.79 Å². The highest BCUT2D eigenvalue weighted by molar-refractivity contribution is 5.75. The summed E-state index contributed by atoms with van der Waals surface area (Å²) in [6, 6.07) is 0.944. The topological polar surface area (TPSA) is 164 Å². The van der Waals surface area contributed by atoms with Gasteiger partial charge in [-0.05, 0) is 70.1 Å². The van der Waals surface area contributed by atoms with Crippen molar-refractivity contribution >= 4 is 18.3 Å². The average molecular weight is 464 g/mol. The van der Waals surface area contributed by atoms with Crippen molar-refractivity contribution in [3.05, 3.63) is 0 Å². The summed E-state index contributed by atoms with van der Waals surface area (Å²) >= 11 is 0. The molecule has 2 unspecified atom stereocenters. The van der Waals surface area contributed by atoms with E-state index in [0.717, 1.165) is 50.3 Å². The van der Waals surface area contributed by atoms with Gasteiger partial charge in [-0.25, -0.2) is 0 Å². The number of nitrogens with zero attached hydrogens (tertiary/aromatic N) is 4. The Bertz CT molecular complexity index is 633. The van der Waals surface area contributed by atoms with Crippen LogP contribution in [0.4, 0.5) is 0 Å². The molecule has 2 atom stereocenters. The first-order chi connectivity index (χ1) is 15.7. The van der Waals surface area contributed by atoms with Gasteiger partial charge in [-0.1, -0.05) is 0 Å². The van der Waals surface area contributed by atoms with Crippen molar-refractivity contribution in [1.82, 2.24) is 15.1 Å². The monoisotopic (exact) mass is 463 g/mol. The van der Waals surface area contributed by atoms with E-state index in [1.54, 1.807) is 0 Å². The van der Waals surface area contributed by atoms with Gasteiger partial charge in [-0.3, -0.25) is 24.6 Å². The van der Waals surface area contributed by atoms with Crippen LogP contribution in [-0.4, -0.2) is 85.0 Å². The molecule has 10 heteroatoms. The van der Waals surface area contributed by atoms with Crippen LogP contribution < -0.4 is 28.3 Å². The number of amides is 1. The molecule has 4 bridgehead atoms. The SMILES string of the molecule is CC1CN(CCN=C(N)N)C(C)CN1CCN=C(N)N.O=CNC12CC3CC(CC(C3)C1)C2. The number of hydrogen-bond donors (Lipinski definition) is 5. The highest BCUT2D eigenvalue weighted by Crippen LogP contribution is 2.55. The Morgan fingerprint density at radius 3 is 1.58 bits per heavy atom. The van der Waals surface area contributed by atoms with Crippen LogP contribution in [0.2, 0.25) is 0 Å². The summed E-state index contributed by atoms with van der Waals surface area (Å²) in [4.78, 5) is 23.5. The van der Waals surface area contributed by atoms with Gasteiger partial charge in [-0.15, -0.1) is 0 Å². The number of piperazine rings is 1. The number of nitrogens with one attached hydrogen (secondary N) is 1. The first-order valence-corrected chi connectivity index (χ1v) is 12.5. The molecule has 1 amide bonds. The molecule has 0 aromatic heterocycles. The lowest BCUT2D eigenvalue weighted by Gasteiger charge is -2.56. The van der Waals surface area contributed by atoms with E-state index in [9.17, 15) is 4.79 Å². The minimum absolute atomic E-state index is 0.154. The molecule has 33 heavy (non-hydrogen) atoms. The number of rotatable bonds is 8. The molecule has 1 aliphatic heterocycles. The Hall–Kier alpha value is -2.07. The van der Waals surface area contributed by atoms with Crippen LogP contribution in [0.3, 0.4) is 0 Å². The van der Waals surface area contributed by atoms with E-state index >= 15 is 0 Å². The highest BCUT2D eigenvalue weighted by atomic mass is 16.1. The molecule has 5 aliphatic rings. The fraction of sp³-hybridized carbons (Fsp3) is 0.870. The van der Waals surface area contributed by atoms with E-state index in [1.165, 1.54) is 38.5 Å². The Balaban J connectivity index is 0.000000200. The first kappa shape index (κ1) is 25.6. The van der Waals surface area contributed by atoms with Crippen molar-refractivity contribution in [3.63, 3.8) is 0 Å². The van der Waals surface area contributed by atoms with Crippen molar-refractivity contribution in [3.8, 4) is 0 Å². The van der Waals surface area contributed by atoms with E-state index < -0.39 is 0 Å². The number of guanidine groups is 2. The predicted octanol–water partition coefficient (Wildman–Crippen LogP) is -0.371. The van der Waals surface area contributed by atoms with Crippen LogP contribution in [0.5, 0.6) is 0 Å². The van der Waals surface area contributed by atoms with Gasteiger partial charge in [0.2, 0.25) is 6.41 Å². The molecule has 1 saturated heterocycles. The molecule has 4 saturated carbocycles. The van der Waals surface area contributed by atoms with Gasteiger partial charge in [0, 0.05) is 43.8 Å². The standard InChI is InChI=1S/C12H28N8.C11H17NO/c1-9-7-20(6-4-18-12(15)16)10(2)8-19(9)5-3-17-11(13)14;13-7-12-11-4-8-1-9(5-11)3-10(2-8)6-11/h9-10H,3-8H2,1-2H3,(H4,13,14,17)(H4,15,16,18);7-10H,1-6H2,(H,12,13). The van der Waals surface area contributed by atoms with Crippen molar-refractivity contribution in [2.45, 2.75) is 70.0 Å². The molecule has 1 heterocycles. The zero-order valence-corrected chi connectivity index (χ0v) is 20.5. The summed E-state index contributed by atoms with van der Waals surface area (Å²) in [5.74, 6) is 3.10. The van der Waals surface area contributed by atoms with Crippen molar-refractivity contribution in [2.24, 2.45) is 50.7 Å². The normalized spacial score (nSPS) is 35.3. The summed E-state index contributed by atoms with van der Waals surface area (Å²) in [6.45, 7) is 9.49. The lowest BCUT2D eigenvalue weighted by atomic mass is 9.53. The Morgan fingerprint density at radius 1 is 0.848 bits per heavy atom. The number of nitrogens with two attached hydrogens (primary N) is 4. The molecule has 188 valence electrons. The first-order valence-electron chi connectivity index (χ1n) is 12.5. The number of aliphatic imine (C=N–C) groups is 2. The van der Waals surface area contributed by atoms with E-state index in [0.29, 0.717) is 25.2 Å². The number of carbonyl (C=O) groups is 1. The van der Waals surface area contributed by atoms with Gasteiger partial charge in [0.1, 0.15) is 0 Å². The minimum atomic E-state index is 0.154. The third-order valence-corrected chi connectivity index (χ3v) is 8.01. The number of carbonyl (C=O) groups excluding carboxylic acids is 1. The van der Waals surface area contributed by atoms with Crippen LogP contribution >= 0.6 is 0 Å². The number of hydrogen-bond acceptors (Lipinski definition) is 5. The van der Waals surface area contributed by atoms with E-state index in [1.807, 2.05) is 0 Å². The Labute approximate surface area is 198 Å². The molecule has 5 fully saturated rings. The molecule has 0 aromatic carbocycles. The fourth-order valence-corrected chi connectivity index (χ4v) is 6.92. The van der Waals surface area contributed by atoms with Gasteiger partial charge < -0.3 is 28.3 Å². The summed E-state index contributed by atoms with van der Waals surface area (Å²) in [7, 11) is 0. The van der Waals surface area contributed by atoms with Gasteiger partial charge >= 0.3 is 0 Å². The van der Waals surface area contributed by atoms with Crippen LogP contribution in [0.25, 0.3) is 0 Å². The molecule has 5 rings (SSSR count). The van der Waals surface area contributed by atoms with Crippen LogP contribution in [0, 0.1) is 17.8 Å². The van der Waals surface area contributed by atoms with E-state index in [2.05, 4.69) is 38.9 Å².